The molecular weight excluding hydrogens is 509 g/mol. The first-order valence-corrected chi connectivity index (χ1v) is 14.2. The van der Waals surface area contributed by atoms with E-state index in [1.165, 1.54) is 30.7 Å². The van der Waals surface area contributed by atoms with E-state index in [-0.39, 0.29) is 11.7 Å². The zero-order valence-corrected chi connectivity index (χ0v) is 22.7. The lowest BCUT2D eigenvalue weighted by atomic mass is 10.1. The number of aromatic nitrogens is 2. The fourth-order valence-electron chi connectivity index (χ4n) is 4.30. The standard InChI is InChI=1S/C28H33ClFN5OS/c1-2-3-4-7-13-31-27(36)22-10-8-9-21(18-22)20-37-28-32-25(29)19-26(33-28)35-16-14-34(15-17-35)24-12-6-5-11-23(24)30/h5-6,8-12,18-19H,2-4,7,13-17,20H2,1H3,(H,31,36). The third-order valence-electron chi connectivity index (χ3n) is 6.33. The molecule has 0 atom stereocenters. The highest BCUT2D eigenvalue weighted by molar-refractivity contribution is 7.98. The van der Waals surface area contributed by atoms with Crippen LogP contribution < -0.4 is 15.1 Å². The second-order valence-electron chi connectivity index (χ2n) is 9.06. The van der Waals surface area contributed by atoms with Crippen LogP contribution in [0.4, 0.5) is 15.9 Å². The molecule has 1 aliphatic rings. The predicted octanol–water partition coefficient (Wildman–Crippen LogP) is 6.20. The lowest BCUT2D eigenvalue weighted by Crippen LogP contribution is -2.47. The zero-order chi connectivity index (χ0) is 26.0. The molecule has 0 aliphatic carbocycles. The number of carbonyl (C=O) groups excluding carboxylic acids is 1. The van der Waals surface area contributed by atoms with Crippen LogP contribution in [0.1, 0.15) is 48.5 Å². The number of para-hydroxylation sites is 1. The van der Waals surface area contributed by atoms with Crippen molar-refractivity contribution in [3.63, 3.8) is 0 Å². The zero-order valence-electron chi connectivity index (χ0n) is 21.1. The van der Waals surface area contributed by atoms with Crippen LogP contribution in [0, 0.1) is 5.82 Å². The first-order chi connectivity index (χ1) is 18.0. The van der Waals surface area contributed by atoms with Gasteiger partial charge in [0, 0.05) is 50.1 Å². The van der Waals surface area contributed by atoms with Gasteiger partial charge < -0.3 is 15.1 Å². The Morgan fingerprint density at radius 1 is 1.00 bits per heavy atom. The molecule has 0 saturated carbocycles. The number of rotatable bonds is 11. The fourth-order valence-corrected chi connectivity index (χ4v) is 5.33. The minimum atomic E-state index is -0.201. The highest BCUT2D eigenvalue weighted by Gasteiger charge is 2.21. The second kappa shape index (κ2) is 13.6. The van der Waals surface area contributed by atoms with Crippen molar-refractivity contribution in [3.8, 4) is 0 Å². The van der Waals surface area contributed by atoms with E-state index in [1.54, 1.807) is 12.1 Å². The molecule has 0 unspecified atom stereocenters. The summed E-state index contributed by atoms with van der Waals surface area (Å²) in [7, 11) is 0. The number of hydrogen-bond donors (Lipinski definition) is 1. The van der Waals surface area contributed by atoms with E-state index in [1.807, 2.05) is 36.4 Å². The van der Waals surface area contributed by atoms with Gasteiger partial charge in [-0.1, -0.05) is 73.8 Å². The average Bonchev–Trinajstić information content (AvgIpc) is 2.92. The van der Waals surface area contributed by atoms with Crippen molar-refractivity contribution in [1.29, 1.82) is 0 Å². The lowest BCUT2D eigenvalue weighted by Gasteiger charge is -2.36. The summed E-state index contributed by atoms with van der Waals surface area (Å²) in [6.07, 6.45) is 4.51. The van der Waals surface area contributed by atoms with Crippen molar-refractivity contribution in [2.75, 3.05) is 42.5 Å². The van der Waals surface area contributed by atoms with E-state index in [9.17, 15) is 9.18 Å². The van der Waals surface area contributed by atoms with Crippen LogP contribution in [0.25, 0.3) is 0 Å². The maximum absolute atomic E-state index is 14.2. The number of nitrogens with zero attached hydrogens (tertiary/aromatic N) is 4. The van der Waals surface area contributed by atoms with E-state index in [4.69, 9.17) is 16.6 Å². The lowest BCUT2D eigenvalue weighted by molar-refractivity contribution is 0.0953. The van der Waals surface area contributed by atoms with Gasteiger partial charge in [0.15, 0.2) is 5.16 Å². The maximum atomic E-state index is 14.2. The Hall–Kier alpha value is -2.84. The van der Waals surface area contributed by atoms with Crippen molar-refractivity contribution in [2.24, 2.45) is 0 Å². The van der Waals surface area contributed by atoms with E-state index in [2.05, 4.69) is 27.0 Å². The third-order valence-corrected chi connectivity index (χ3v) is 7.44. The number of thioether (sulfide) groups is 1. The summed E-state index contributed by atoms with van der Waals surface area (Å²) in [4.78, 5) is 25.8. The number of halogens is 2. The van der Waals surface area contributed by atoms with Crippen molar-refractivity contribution in [3.05, 3.63) is 76.7 Å². The minimum absolute atomic E-state index is 0.0424. The van der Waals surface area contributed by atoms with Gasteiger partial charge in [0.05, 0.1) is 5.69 Å². The van der Waals surface area contributed by atoms with Crippen LogP contribution in [0.5, 0.6) is 0 Å². The van der Waals surface area contributed by atoms with Gasteiger partial charge in [0.2, 0.25) is 0 Å². The summed E-state index contributed by atoms with van der Waals surface area (Å²) < 4.78 is 14.2. The summed E-state index contributed by atoms with van der Waals surface area (Å²) in [5.74, 6) is 1.15. The van der Waals surface area contributed by atoms with E-state index in [0.29, 0.717) is 60.0 Å². The number of hydrogen-bond acceptors (Lipinski definition) is 6. The number of carbonyl (C=O) groups is 1. The van der Waals surface area contributed by atoms with Gasteiger partial charge in [-0.15, -0.1) is 0 Å². The van der Waals surface area contributed by atoms with Crippen LogP contribution in [0.2, 0.25) is 5.15 Å². The Labute approximate surface area is 227 Å². The average molecular weight is 542 g/mol. The molecule has 2 aromatic carbocycles. The van der Waals surface area contributed by atoms with E-state index < -0.39 is 0 Å². The minimum Gasteiger partial charge on any atom is -0.366 e. The molecule has 4 rings (SSSR count). The molecule has 37 heavy (non-hydrogen) atoms. The van der Waals surface area contributed by atoms with Crippen LogP contribution in [-0.2, 0) is 5.75 Å². The Morgan fingerprint density at radius 3 is 2.57 bits per heavy atom. The fraction of sp³-hybridized carbons (Fsp3) is 0.393. The summed E-state index contributed by atoms with van der Waals surface area (Å²) in [6, 6.07) is 16.3. The largest absolute Gasteiger partial charge is 0.366 e. The van der Waals surface area contributed by atoms with Gasteiger partial charge in [-0.05, 0) is 36.2 Å². The van der Waals surface area contributed by atoms with Gasteiger partial charge in [-0.3, -0.25) is 4.79 Å². The van der Waals surface area contributed by atoms with Gasteiger partial charge in [-0.2, -0.15) is 0 Å². The third kappa shape index (κ3) is 7.82. The number of anilines is 2. The molecule has 1 aliphatic heterocycles. The van der Waals surface area contributed by atoms with Crippen molar-refractivity contribution in [2.45, 2.75) is 43.5 Å². The topological polar surface area (TPSA) is 61.4 Å². The van der Waals surface area contributed by atoms with Crippen molar-refractivity contribution >= 4 is 40.8 Å². The molecule has 196 valence electrons. The van der Waals surface area contributed by atoms with Crippen LogP contribution in [-0.4, -0.2) is 48.6 Å². The highest BCUT2D eigenvalue weighted by atomic mass is 35.5. The van der Waals surface area contributed by atoms with Crippen LogP contribution in [0.3, 0.4) is 0 Å². The Morgan fingerprint density at radius 2 is 1.78 bits per heavy atom. The van der Waals surface area contributed by atoms with E-state index in [0.717, 1.165) is 24.2 Å². The molecule has 6 nitrogen and oxygen atoms in total. The van der Waals surface area contributed by atoms with Gasteiger partial charge in [0.1, 0.15) is 16.8 Å². The number of amides is 1. The SMILES string of the molecule is CCCCCCNC(=O)c1cccc(CSc2nc(Cl)cc(N3CCN(c4ccccc4F)CC3)n2)c1. The van der Waals surface area contributed by atoms with Crippen LogP contribution >= 0.6 is 23.4 Å². The number of benzene rings is 2. The summed E-state index contributed by atoms with van der Waals surface area (Å²) >= 11 is 7.83. The number of nitrogens with one attached hydrogen (secondary N) is 1. The first kappa shape index (κ1) is 27.2. The molecule has 0 spiro atoms. The second-order valence-corrected chi connectivity index (χ2v) is 10.4. The van der Waals surface area contributed by atoms with E-state index >= 15 is 0 Å². The summed E-state index contributed by atoms with van der Waals surface area (Å²) in [6.45, 7) is 5.68. The van der Waals surface area contributed by atoms with Gasteiger partial charge in [-0.25, -0.2) is 14.4 Å². The van der Waals surface area contributed by atoms with Gasteiger partial charge in [0.25, 0.3) is 5.91 Å². The summed E-state index contributed by atoms with van der Waals surface area (Å²) in [5.41, 5.74) is 2.31. The molecule has 2 heterocycles. The quantitative estimate of drug-likeness (QED) is 0.135. The molecular formula is C28H33ClFN5OS. The number of unbranched alkanes of at least 4 members (excludes halogenated alkanes) is 3. The Kier molecular flexibility index (Phi) is 10.0. The number of piperazine rings is 1. The van der Waals surface area contributed by atoms with Crippen LogP contribution in [0.15, 0.2) is 59.8 Å². The summed E-state index contributed by atoms with van der Waals surface area (Å²) in [5, 5.41) is 3.99. The Balaban J connectivity index is 1.32. The Bertz CT molecular complexity index is 1190. The molecule has 0 bridgehead atoms. The molecule has 0 radical (unpaired) electrons. The maximum Gasteiger partial charge on any atom is 0.251 e. The highest BCUT2D eigenvalue weighted by Crippen LogP contribution is 2.27. The predicted molar refractivity (Wildman–Crippen MR) is 150 cm³/mol. The normalized spacial score (nSPS) is 13.6. The molecule has 1 aromatic heterocycles. The molecule has 9 heteroatoms. The molecule has 3 aromatic rings. The van der Waals surface area contributed by atoms with Crippen molar-refractivity contribution < 1.29 is 9.18 Å². The molecule has 1 N–H and O–H groups in total. The molecule has 1 saturated heterocycles. The smallest absolute Gasteiger partial charge is 0.251 e. The van der Waals surface area contributed by atoms with Crippen molar-refractivity contribution in [1.82, 2.24) is 15.3 Å². The van der Waals surface area contributed by atoms with Gasteiger partial charge >= 0.3 is 0 Å². The first-order valence-electron chi connectivity index (χ1n) is 12.8. The monoisotopic (exact) mass is 541 g/mol. The molecule has 1 amide bonds. The molecule has 1 fully saturated rings.